The molecule has 0 saturated carbocycles. The van der Waals surface area contributed by atoms with Crippen LogP contribution in [0.2, 0.25) is 5.15 Å². The summed E-state index contributed by atoms with van der Waals surface area (Å²) in [6.45, 7) is 8.41. The zero-order valence-corrected chi connectivity index (χ0v) is 13.8. The van der Waals surface area contributed by atoms with Crippen molar-refractivity contribution >= 4 is 23.1 Å². The molecule has 2 rings (SSSR count). The van der Waals surface area contributed by atoms with Crippen LogP contribution in [-0.2, 0) is 11.8 Å². The van der Waals surface area contributed by atoms with Gasteiger partial charge in [0.2, 0.25) is 0 Å². The molecule has 2 aromatic rings. The Morgan fingerprint density at radius 2 is 1.86 bits per heavy atom. The van der Waals surface area contributed by atoms with Gasteiger partial charge in [-0.3, -0.25) is 0 Å². The molecule has 0 aliphatic carbocycles. The van der Waals surface area contributed by atoms with E-state index in [1.165, 1.54) is 5.56 Å². The SMILES string of the molecule is CCCc1ccccc1Nc1cc(Cl)nc(C(C)(C)C)n1. The number of rotatable bonds is 4. The van der Waals surface area contributed by atoms with E-state index in [-0.39, 0.29) is 5.41 Å². The second-order valence-electron chi connectivity index (χ2n) is 6.18. The zero-order chi connectivity index (χ0) is 15.5. The van der Waals surface area contributed by atoms with Gasteiger partial charge in [0.15, 0.2) is 0 Å². The predicted molar refractivity (Wildman–Crippen MR) is 89.5 cm³/mol. The maximum atomic E-state index is 6.13. The van der Waals surface area contributed by atoms with E-state index in [1.54, 1.807) is 6.07 Å². The Kier molecular flexibility index (Phi) is 4.84. The van der Waals surface area contributed by atoms with Crippen molar-refractivity contribution in [3.05, 3.63) is 46.9 Å². The highest BCUT2D eigenvalue weighted by Gasteiger charge is 2.19. The molecule has 0 atom stereocenters. The van der Waals surface area contributed by atoms with Gasteiger partial charge in [-0.15, -0.1) is 0 Å². The van der Waals surface area contributed by atoms with Crippen molar-refractivity contribution in [2.24, 2.45) is 0 Å². The number of benzene rings is 1. The van der Waals surface area contributed by atoms with Gasteiger partial charge < -0.3 is 5.32 Å². The first-order valence-corrected chi connectivity index (χ1v) is 7.68. The van der Waals surface area contributed by atoms with Crippen molar-refractivity contribution < 1.29 is 0 Å². The third kappa shape index (κ3) is 4.18. The van der Waals surface area contributed by atoms with Crippen LogP contribution in [0.1, 0.15) is 45.5 Å². The molecular weight excluding hydrogens is 282 g/mol. The summed E-state index contributed by atoms with van der Waals surface area (Å²) in [7, 11) is 0. The van der Waals surface area contributed by atoms with Crippen LogP contribution in [0, 0.1) is 0 Å². The van der Waals surface area contributed by atoms with Gasteiger partial charge in [-0.25, -0.2) is 9.97 Å². The molecule has 1 heterocycles. The first kappa shape index (κ1) is 15.8. The largest absolute Gasteiger partial charge is 0.340 e. The first-order valence-electron chi connectivity index (χ1n) is 7.30. The number of para-hydroxylation sites is 1. The molecule has 4 heteroatoms. The zero-order valence-electron chi connectivity index (χ0n) is 13.1. The number of hydrogen-bond acceptors (Lipinski definition) is 3. The van der Waals surface area contributed by atoms with Gasteiger partial charge >= 0.3 is 0 Å². The van der Waals surface area contributed by atoms with Gasteiger partial charge in [0.25, 0.3) is 0 Å². The lowest BCUT2D eigenvalue weighted by Crippen LogP contribution is -2.17. The minimum atomic E-state index is -0.135. The third-order valence-corrected chi connectivity index (χ3v) is 3.36. The fourth-order valence-corrected chi connectivity index (χ4v) is 2.27. The van der Waals surface area contributed by atoms with E-state index >= 15 is 0 Å². The Morgan fingerprint density at radius 1 is 1.14 bits per heavy atom. The molecule has 0 spiro atoms. The molecule has 1 N–H and O–H groups in total. The van der Waals surface area contributed by atoms with Crippen LogP contribution in [0.3, 0.4) is 0 Å². The molecule has 0 saturated heterocycles. The summed E-state index contributed by atoms with van der Waals surface area (Å²) in [4.78, 5) is 8.91. The fraction of sp³-hybridized carbons (Fsp3) is 0.412. The van der Waals surface area contributed by atoms with E-state index in [2.05, 4.69) is 61.2 Å². The molecule has 112 valence electrons. The van der Waals surface area contributed by atoms with E-state index < -0.39 is 0 Å². The fourth-order valence-electron chi connectivity index (χ4n) is 2.08. The maximum absolute atomic E-state index is 6.13. The molecule has 0 amide bonds. The summed E-state index contributed by atoms with van der Waals surface area (Å²) >= 11 is 6.13. The van der Waals surface area contributed by atoms with Crippen molar-refractivity contribution in [1.29, 1.82) is 0 Å². The molecule has 0 aliphatic rings. The van der Waals surface area contributed by atoms with Gasteiger partial charge in [0.1, 0.15) is 16.8 Å². The van der Waals surface area contributed by atoms with Crippen molar-refractivity contribution in [2.75, 3.05) is 5.32 Å². The van der Waals surface area contributed by atoms with E-state index in [0.29, 0.717) is 5.15 Å². The monoisotopic (exact) mass is 303 g/mol. The minimum Gasteiger partial charge on any atom is -0.340 e. The maximum Gasteiger partial charge on any atom is 0.137 e. The Morgan fingerprint density at radius 3 is 2.52 bits per heavy atom. The van der Waals surface area contributed by atoms with Crippen LogP contribution >= 0.6 is 11.6 Å². The van der Waals surface area contributed by atoms with E-state index in [9.17, 15) is 0 Å². The lowest BCUT2D eigenvalue weighted by Gasteiger charge is -2.18. The number of aromatic nitrogens is 2. The van der Waals surface area contributed by atoms with Crippen LogP contribution in [0.25, 0.3) is 0 Å². The Hall–Kier alpha value is -1.61. The summed E-state index contributed by atoms with van der Waals surface area (Å²) in [6.07, 6.45) is 2.14. The molecule has 0 bridgehead atoms. The molecule has 0 fully saturated rings. The standard InChI is InChI=1S/C17H22ClN3/c1-5-8-12-9-6-7-10-13(12)19-15-11-14(18)20-16(21-15)17(2,3)4/h6-7,9-11H,5,8H2,1-4H3,(H,19,20,21). The highest BCUT2D eigenvalue weighted by Crippen LogP contribution is 2.25. The molecule has 21 heavy (non-hydrogen) atoms. The molecular formula is C17H22ClN3. The van der Waals surface area contributed by atoms with Crippen molar-refractivity contribution in [2.45, 2.75) is 46.0 Å². The van der Waals surface area contributed by atoms with E-state index in [0.717, 1.165) is 30.2 Å². The lowest BCUT2D eigenvalue weighted by molar-refractivity contribution is 0.546. The third-order valence-electron chi connectivity index (χ3n) is 3.17. The number of anilines is 2. The summed E-state index contributed by atoms with van der Waals surface area (Å²) < 4.78 is 0. The molecule has 0 unspecified atom stereocenters. The van der Waals surface area contributed by atoms with Crippen LogP contribution < -0.4 is 5.32 Å². The van der Waals surface area contributed by atoms with Crippen molar-refractivity contribution in [3.8, 4) is 0 Å². The van der Waals surface area contributed by atoms with Gasteiger partial charge in [-0.05, 0) is 18.1 Å². The van der Waals surface area contributed by atoms with E-state index in [4.69, 9.17) is 11.6 Å². The van der Waals surface area contributed by atoms with Gasteiger partial charge in [0.05, 0.1) is 0 Å². The molecule has 1 aromatic carbocycles. The average molecular weight is 304 g/mol. The summed E-state index contributed by atoms with van der Waals surface area (Å²) in [5, 5.41) is 3.84. The number of halogens is 1. The van der Waals surface area contributed by atoms with Gasteiger partial charge in [0, 0.05) is 17.2 Å². The number of aryl methyl sites for hydroxylation is 1. The highest BCUT2D eigenvalue weighted by atomic mass is 35.5. The summed E-state index contributed by atoms with van der Waals surface area (Å²) in [6, 6.07) is 10.1. The van der Waals surface area contributed by atoms with Crippen molar-refractivity contribution in [1.82, 2.24) is 9.97 Å². The van der Waals surface area contributed by atoms with Crippen LogP contribution in [0.15, 0.2) is 30.3 Å². The summed E-state index contributed by atoms with van der Waals surface area (Å²) in [5.41, 5.74) is 2.23. The van der Waals surface area contributed by atoms with Gasteiger partial charge in [-0.1, -0.05) is 63.9 Å². The first-order chi connectivity index (χ1) is 9.90. The summed E-state index contributed by atoms with van der Waals surface area (Å²) in [5.74, 6) is 1.48. The Labute approximate surface area is 131 Å². The predicted octanol–water partition coefficient (Wildman–Crippen LogP) is 5.12. The molecule has 0 radical (unpaired) electrons. The van der Waals surface area contributed by atoms with Crippen LogP contribution in [0.5, 0.6) is 0 Å². The lowest BCUT2D eigenvalue weighted by atomic mass is 9.96. The van der Waals surface area contributed by atoms with Gasteiger partial charge in [-0.2, -0.15) is 0 Å². The molecule has 0 aliphatic heterocycles. The quantitative estimate of drug-likeness (QED) is 0.796. The Bertz CT molecular complexity index is 618. The minimum absolute atomic E-state index is 0.135. The van der Waals surface area contributed by atoms with E-state index in [1.807, 2.05) is 6.07 Å². The smallest absolute Gasteiger partial charge is 0.137 e. The highest BCUT2D eigenvalue weighted by molar-refractivity contribution is 6.29. The molecule has 3 nitrogen and oxygen atoms in total. The van der Waals surface area contributed by atoms with Crippen LogP contribution in [0.4, 0.5) is 11.5 Å². The number of hydrogen-bond donors (Lipinski definition) is 1. The normalized spacial score (nSPS) is 11.5. The average Bonchev–Trinajstić information content (AvgIpc) is 2.40. The number of nitrogens with zero attached hydrogens (tertiary/aromatic N) is 2. The Balaban J connectivity index is 2.34. The van der Waals surface area contributed by atoms with Crippen LogP contribution in [-0.4, -0.2) is 9.97 Å². The second-order valence-corrected chi connectivity index (χ2v) is 6.57. The molecule has 1 aromatic heterocycles. The van der Waals surface area contributed by atoms with Crippen molar-refractivity contribution in [3.63, 3.8) is 0 Å². The topological polar surface area (TPSA) is 37.8 Å². The second kappa shape index (κ2) is 6.44. The number of nitrogens with one attached hydrogen (secondary N) is 1.